The Morgan fingerprint density at radius 3 is 2.21 bits per heavy atom. The largest absolute Gasteiger partial charge is 0.325 e. The minimum absolute atomic E-state index is 0.0216. The summed E-state index contributed by atoms with van der Waals surface area (Å²) in [6, 6.07) is 11.9. The van der Waals surface area contributed by atoms with E-state index in [1.54, 1.807) is 24.1 Å². The number of hydrogen-bond donors (Lipinski definition) is 2. The first-order chi connectivity index (χ1) is 13.2. The molecule has 0 atom stereocenters. The van der Waals surface area contributed by atoms with Crippen molar-refractivity contribution in [2.75, 3.05) is 30.8 Å². The summed E-state index contributed by atoms with van der Waals surface area (Å²) in [5, 5.41) is 5.53. The van der Waals surface area contributed by atoms with Crippen molar-refractivity contribution in [2.24, 2.45) is 0 Å². The van der Waals surface area contributed by atoms with Crippen molar-refractivity contribution >= 4 is 35.0 Å². The first-order valence-corrected chi connectivity index (χ1v) is 9.52. The zero-order chi connectivity index (χ0) is 20.7. The van der Waals surface area contributed by atoms with E-state index in [-0.39, 0.29) is 24.9 Å². The Bertz CT molecular complexity index is 829. The molecule has 0 radical (unpaired) electrons. The molecule has 2 aromatic carbocycles. The van der Waals surface area contributed by atoms with Crippen molar-refractivity contribution in [1.82, 2.24) is 4.90 Å². The maximum absolute atomic E-state index is 12.3. The van der Waals surface area contributed by atoms with Crippen LogP contribution in [-0.4, -0.2) is 42.6 Å². The van der Waals surface area contributed by atoms with E-state index < -0.39 is 5.76 Å². The van der Waals surface area contributed by atoms with Gasteiger partial charge in [-0.3, -0.25) is 14.5 Å². The van der Waals surface area contributed by atoms with Gasteiger partial charge in [0.15, 0.2) is 0 Å². The van der Waals surface area contributed by atoms with Gasteiger partial charge in [-0.1, -0.05) is 23.9 Å². The highest BCUT2D eigenvalue weighted by Crippen LogP contribution is 2.26. The molecule has 0 aliphatic carbocycles. The second-order valence-electron chi connectivity index (χ2n) is 6.42. The molecule has 2 aromatic rings. The van der Waals surface area contributed by atoms with Crippen LogP contribution in [0, 0.1) is 13.8 Å². The molecule has 0 aromatic heterocycles. The van der Waals surface area contributed by atoms with Gasteiger partial charge in [0.05, 0.1) is 13.1 Å². The van der Waals surface area contributed by atoms with Gasteiger partial charge in [-0.25, -0.2) is 0 Å². The van der Waals surface area contributed by atoms with E-state index in [2.05, 4.69) is 10.6 Å². The van der Waals surface area contributed by atoms with Crippen molar-refractivity contribution in [1.29, 1.82) is 0 Å². The molecule has 2 rings (SSSR count). The average molecular weight is 407 g/mol. The topological polar surface area (TPSA) is 61.4 Å². The van der Waals surface area contributed by atoms with E-state index in [4.69, 9.17) is 0 Å². The van der Waals surface area contributed by atoms with Gasteiger partial charge in [-0.05, 0) is 62.4 Å². The lowest BCUT2D eigenvalue weighted by molar-refractivity contribution is -0.119. The van der Waals surface area contributed by atoms with E-state index in [0.717, 1.165) is 16.8 Å². The van der Waals surface area contributed by atoms with Crippen molar-refractivity contribution < 1.29 is 18.4 Å². The third-order valence-corrected chi connectivity index (χ3v) is 4.79. The maximum Gasteiger partial charge on any atom is 0.288 e. The summed E-state index contributed by atoms with van der Waals surface area (Å²) < 4.78 is 24.6. The van der Waals surface area contributed by atoms with Gasteiger partial charge >= 0.3 is 0 Å². The first-order valence-electron chi connectivity index (χ1n) is 8.64. The summed E-state index contributed by atoms with van der Waals surface area (Å²) in [5.41, 5.74) is 3.36. The summed E-state index contributed by atoms with van der Waals surface area (Å²) in [5.74, 6) is -2.99. The van der Waals surface area contributed by atoms with Crippen molar-refractivity contribution in [3.8, 4) is 0 Å². The molecule has 0 aliphatic rings. The quantitative estimate of drug-likeness (QED) is 0.646. The van der Waals surface area contributed by atoms with E-state index in [1.807, 2.05) is 32.0 Å². The van der Waals surface area contributed by atoms with Crippen LogP contribution in [0.5, 0.6) is 0 Å². The summed E-state index contributed by atoms with van der Waals surface area (Å²) in [6.07, 6.45) is 0. The second kappa shape index (κ2) is 10.2. The number of anilines is 2. The van der Waals surface area contributed by atoms with Gasteiger partial charge in [-0.2, -0.15) is 8.78 Å². The van der Waals surface area contributed by atoms with E-state index in [1.165, 1.54) is 12.1 Å². The molecule has 0 saturated carbocycles. The fourth-order valence-electron chi connectivity index (χ4n) is 2.54. The molecule has 0 aliphatic heterocycles. The fraction of sp³-hybridized carbons (Fsp3) is 0.300. The molecule has 5 nitrogen and oxygen atoms in total. The predicted octanol–water partition coefficient (Wildman–Crippen LogP) is 4.13. The Labute approximate surface area is 167 Å². The number of halogens is 2. The van der Waals surface area contributed by atoms with Crippen LogP contribution >= 0.6 is 11.8 Å². The predicted molar refractivity (Wildman–Crippen MR) is 109 cm³/mol. The first kappa shape index (κ1) is 21.8. The van der Waals surface area contributed by atoms with Crippen LogP contribution in [0.3, 0.4) is 0 Å². The molecule has 0 heterocycles. The summed E-state index contributed by atoms with van der Waals surface area (Å²) >= 11 is 0.447. The monoisotopic (exact) mass is 407 g/mol. The molecule has 2 amide bonds. The number of hydrogen-bond acceptors (Lipinski definition) is 4. The number of aryl methyl sites for hydroxylation is 1. The van der Waals surface area contributed by atoms with Crippen molar-refractivity contribution in [2.45, 2.75) is 24.5 Å². The highest BCUT2D eigenvalue weighted by atomic mass is 32.2. The molecule has 8 heteroatoms. The Balaban J connectivity index is 1.81. The molecule has 0 fully saturated rings. The zero-order valence-electron chi connectivity index (χ0n) is 16.0. The van der Waals surface area contributed by atoms with E-state index in [0.29, 0.717) is 22.3 Å². The van der Waals surface area contributed by atoms with Crippen LogP contribution in [0.4, 0.5) is 20.2 Å². The number of nitrogens with one attached hydrogen (secondary N) is 2. The standard InChI is InChI=1S/C20H23F2N3O2S/c1-13-5-4-6-17(14(13)2)24-19(27)12-25(3)11-18(26)23-15-7-9-16(10-8-15)28-20(21)22/h4-10,20H,11-12H2,1-3H3,(H,23,26)(H,24,27). The third-order valence-electron chi connectivity index (χ3n) is 4.07. The molecular formula is C20H23F2N3O2S. The van der Waals surface area contributed by atoms with Crippen molar-refractivity contribution in [3.05, 3.63) is 53.6 Å². The highest BCUT2D eigenvalue weighted by molar-refractivity contribution is 7.99. The Morgan fingerprint density at radius 1 is 1.00 bits per heavy atom. The third kappa shape index (κ3) is 6.94. The lowest BCUT2D eigenvalue weighted by Crippen LogP contribution is -2.36. The number of alkyl halides is 2. The van der Waals surface area contributed by atoms with Crippen LogP contribution in [0.2, 0.25) is 0 Å². The minimum atomic E-state index is -2.48. The smallest absolute Gasteiger partial charge is 0.288 e. The number of rotatable bonds is 8. The van der Waals surface area contributed by atoms with Crippen LogP contribution in [0.15, 0.2) is 47.4 Å². The Kier molecular flexibility index (Phi) is 7.95. The number of carbonyl (C=O) groups is 2. The average Bonchev–Trinajstić information content (AvgIpc) is 2.60. The van der Waals surface area contributed by atoms with Crippen LogP contribution in [0.25, 0.3) is 0 Å². The molecule has 0 saturated heterocycles. The molecule has 0 unspecified atom stereocenters. The Hall–Kier alpha value is -2.45. The number of amides is 2. The van der Waals surface area contributed by atoms with E-state index in [9.17, 15) is 18.4 Å². The van der Waals surface area contributed by atoms with Gasteiger partial charge in [0, 0.05) is 16.3 Å². The lowest BCUT2D eigenvalue weighted by atomic mass is 10.1. The van der Waals surface area contributed by atoms with Gasteiger partial charge < -0.3 is 10.6 Å². The zero-order valence-corrected chi connectivity index (χ0v) is 16.8. The fourth-order valence-corrected chi connectivity index (χ4v) is 3.04. The summed E-state index contributed by atoms with van der Waals surface area (Å²) in [4.78, 5) is 26.3. The number of benzene rings is 2. The lowest BCUT2D eigenvalue weighted by Gasteiger charge is -2.17. The highest BCUT2D eigenvalue weighted by Gasteiger charge is 2.13. The van der Waals surface area contributed by atoms with Gasteiger partial charge in [-0.15, -0.1) is 0 Å². The van der Waals surface area contributed by atoms with Gasteiger partial charge in [0.2, 0.25) is 11.8 Å². The van der Waals surface area contributed by atoms with Crippen LogP contribution in [-0.2, 0) is 9.59 Å². The molecule has 150 valence electrons. The Morgan fingerprint density at radius 2 is 1.61 bits per heavy atom. The molecule has 0 bridgehead atoms. The summed E-state index contributed by atoms with van der Waals surface area (Å²) in [7, 11) is 1.67. The summed E-state index contributed by atoms with van der Waals surface area (Å²) in [6.45, 7) is 3.99. The maximum atomic E-state index is 12.3. The van der Waals surface area contributed by atoms with Crippen LogP contribution in [0.1, 0.15) is 11.1 Å². The molecule has 2 N–H and O–H groups in total. The van der Waals surface area contributed by atoms with Crippen LogP contribution < -0.4 is 10.6 Å². The van der Waals surface area contributed by atoms with Gasteiger partial charge in [0.25, 0.3) is 5.76 Å². The SMILES string of the molecule is Cc1cccc(NC(=O)CN(C)CC(=O)Nc2ccc(SC(F)F)cc2)c1C. The normalized spacial score (nSPS) is 11.0. The second-order valence-corrected chi connectivity index (χ2v) is 7.48. The molecule has 0 spiro atoms. The van der Waals surface area contributed by atoms with E-state index >= 15 is 0 Å². The number of thioether (sulfide) groups is 1. The van der Waals surface area contributed by atoms with Crippen molar-refractivity contribution in [3.63, 3.8) is 0 Å². The number of likely N-dealkylation sites (N-methyl/N-ethyl adjacent to an activating group) is 1. The number of nitrogens with zero attached hydrogens (tertiary/aromatic N) is 1. The van der Waals surface area contributed by atoms with Gasteiger partial charge in [0.1, 0.15) is 0 Å². The molecular weight excluding hydrogens is 384 g/mol. The number of carbonyl (C=O) groups excluding carboxylic acids is 2. The molecule has 28 heavy (non-hydrogen) atoms. The minimum Gasteiger partial charge on any atom is -0.325 e.